The second-order valence-electron chi connectivity index (χ2n) is 8.64. The molecule has 1 N–H and O–H groups in total. The van der Waals surface area contributed by atoms with E-state index in [1.807, 2.05) is 32.0 Å². The van der Waals surface area contributed by atoms with Crippen LogP contribution in [0.15, 0.2) is 76.3 Å². The molecule has 4 rings (SSSR count). The number of carbonyl (C=O) groups is 1. The van der Waals surface area contributed by atoms with Crippen molar-refractivity contribution in [3.8, 4) is 5.69 Å². The minimum absolute atomic E-state index is 0.117. The summed E-state index contributed by atoms with van der Waals surface area (Å²) in [5.41, 5.74) is 4.29. The quantitative estimate of drug-likeness (QED) is 0.401. The van der Waals surface area contributed by atoms with Crippen molar-refractivity contribution in [3.05, 3.63) is 110 Å². The summed E-state index contributed by atoms with van der Waals surface area (Å²) < 4.78 is 7.79. The predicted octanol–water partition coefficient (Wildman–Crippen LogP) is 3.12. The van der Waals surface area contributed by atoms with Crippen LogP contribution in [0.2, 0.25) is 0 Å². The summed E-state index contributed by atoms with van der Waals surface area (Å²) in [5.74, 6) is -0.117. The first-order valence-electron chi connectivity index (χ1n) is 11.5. The van der Waals surface area contributed by atoms with Crippen LogP contribution in [-0.2, 0) is 22.5 Å². The maximum absolute atomic E-state index is 13.7. The van der Waals surface area contributed by atoms with Crippen molar-refractivity contribution in [1.29, 1.82) is 0 Å². The molecule has 0 atom stereocenters. The second-order valence-corrected chi connectivity index (χ2v) is 8.64. The fourth-order valence-electron chi connectivity index (χ4n) is 4.15. The van der Waals surface area contributed by atoms with Crippen LogP contribution in [0, 0.1) is 13.8 Å². The number of ether oxygens (including phenoxy) is 1. The molecule has 0 bridgehead atoms. The molecule has 1 aromatic heterocycles. The molecule has 4 aromatic rings. The van der Waals surface area contributed by atoms with Crippen LogP contribution in [-0.4, -0.2) is 35.3 Å². The van der Waals surface area contributed by atoms with Crippen LogP contribution in [0.25, 0.3) is 16.6 Å². The summed E-state index contributed by atoms with van der Waals surface area (Å²) in [6.45, 7) is 5.28. The summed E-state index contributed by atoms with van der Waals surface area (Å²) in [6, 6.07) is 20.3. The SMILES string of the molecule is COCCNC(=O)Cc1ccc(-n2c(=O)c3ccccc3n(Cc3cc(C)ccc3C)c2=O)cc1. The molecule has 0 aliphatic rings. The van der Waals surface area contributed by atoms with E-state index in [9.17, 15) is 14.4 Å². The van der Waals surface area contributed by atoms with E-state index < -0.39 is 5.69 Å². The van der Waals surface area contributed by atoms with Gasteiger partial charge in [0.2, 0.25) is 5.91 Å². The molecular weight excluding hydrogens is 442 g/mol. The van der Waals surface area contributed by atoms with Crippen molar-refractivity contribution in [3.63, 3.8) is 0 Å². The molecule has 1 heterocycles. The first kappa shape index (κ1) is 24.2. The van der Waals surface area contributed by atoms with Crippen molar-refractivity contribution in [2.45, 2.75) is 26.8 Å². The van der Waals surface area contributed by atoms with Crippen LogP contribution < -0.4 is 16.6 Å². The van der Waals surface area contributed by atoms with E-state index in [4.69, 9.17) is 4.74 Å². The lowest BCUT2D eigenvalue weighted by Gasteiger charge is -2.16. The van der Waals surface area contributed by atoms with Gasteiger partial charge >= 0.3 is 5.69 Å². The zero-order valence-corrected chi connectivity index (χ0v) is 20.2. The number of carbonyl (C=O) groups excluding carboxylic acids is 1. The van der Waals surface area contributed by atoms with Crippen molar-refractivity contribution in [2.24, 2.45) is 0 Å². The van der Waals surface area contributed by atoms with E-state index in [2.05, 4.69) is 11.4 Å². The Labute approximate surface area is 203 Å². The van der Waals surface area contributed by atoms with Gasteiger partial charge < -0.3 is 10.1 Å². The average molecular weight is 472 g/mol. The van der Waals surface area contributed by atoms with Gasteiger partial charge in [0.15, 0.2) is 0 Å². The Morgan fingerprint density at radius 3 is 2.46 bits per heavy atom. The van der Waals surface area contributed by atoms with E-state index in [0.717, 1.165) is 22.3 Å². The lowest BCUT2D eigenvalue weighted by Crippen LogP contribution is -2.39. The second kappa shape index (κ2) is 10.5. The molecule has 0 aliphatic carbocycles. The third-order valence-electron chi connectivity index (χ3n) is 6.07. The molecule has 0 saturated heterocycles. The van der Waals surface area contributed by atoms with Gasteiger partial charge in [-0.25, -0.2) is 9.36 Å². The van der Waals surface area contributed by atoms with Gasteiger partial charge in [-0.1, -0.05) is 48.0 Å². The van der Waals surface area contributed by atoms with Gasteiger partial charge in [0.25, 0.3) is 5.56 Å². The molecule has 7 heteroatoms. The molecule has 7 nitrogen and oxygen atoms in total. The number of benzene rings is 3. The summed E-state index contributed by atoms with van der Waals surface area (Å²) in [5, 5.41) is 3.25. The Hall–Kier alpha value is -3.97. The fraction of sp³-hybridized carbons (Fsp3) is 0.250. The molecule has 0 radical (unpaired) electrons. The topological polar surface area (TPSA) is 82.3 Å². The molecule has 35 heavy (non-hydrogen) atoms. The van der Waals surface area contributed by atoms with Gasteiger partial charge in [-0.2, -0.15) is 0 Å². The van der Waals surface area contributed by atoms with Crippen LogP contribution in [0.3, 0.4) is 0 Å². The lowest BCUT2D eigenvalue weighted by atomic mass is 10.1. The number of aryl methyl sites for hydroxylation is 2. The molecule has 0 unspecified atom stereocenters. The average Bonchev–Trinajstić information content (AvgIpc) is 2.85. The molecule has 180 valence electrons. The number of nitrogens with one attached hydrogen (secondary N) is 1. The Kier molecular flexibility index (Phi) is 7.27. The van der Waals surface area contributed by atoms with Crippen molar-refractivity contribution < 1.29 is 9.53 Å². The monoisotopic (exact) mass is 471 g/mol. The van der Waals surface area contributed by atoms with E-state index in [1.165, 1.54) is 4.57 Å². The van der Waals surface area contributed by atoms with Crippen molar-refractivity contribution in [1.82, 2.24) is 14.5 Å². The van der Waals surface area contributed by atoms with Crippen LogP contribution in [0.1, 0.15) is 22.3 Å². The molecule has 3 aromatic carbocycles. The predicted molar refractivity (Wildman–Crippen MR) is 137 cm³/mol. The molecule has 0 fully saturated rings. The van der Waals surface area contributed by atoms with Gasteiger partial charge in [0.1, 0.15) is 0 Å². The number of hydrogen-bond donors (Lipinski definition) is 1. The smallest absolute Gasteiger partial charge is 0.336 e. The molecular formula is C28H29N3O4. The first-order valence-corrected chi connectivity index (χ1v) is 11.5. The van der Waals surface area contributed by atoms with Gasteiger partial charge in [-0.05, 0) is 54.8 Å². The molecule has 1 amide bonds. The number of aromatic nitrogens is 2. The Morgan fingerprint density at radius 1 is 0.971 bits per heavy atom. The molecule has 0 spiro atoms. The van der Waals surface area contributed by atoms with E-state index in [-0.39, 0.29) is 17.9 Å². The molecule has 0 aliphatic heterocycles. The van der Waals surface area contributed by atoms with Crippen LogP contribution in [0.5, 0.6) is 0 Å². The Morgan fingerprint density at radius 2 is 1.71 bits per heavy atom. The van der Waals surface area contributed by atoms with Crippen molar-refractivity contribution in [2.75, 3.05) is 20.3 Å². The van der Waals surface area contributed by atoms with Gasteiger partial charge in [-0.15, -0.1) is 0 Å². The minimum atomic E-state index is -0.403. The van der Waals surface area contributed by atoms with Crippen LogP contribution >= 0.6 is 0 Å². The summed E-state index contributed by atoms with van der Waals surface area (Å²) in [4.78, 5) is 39.1. The lowest BCUT2D eigenvalue weighted by molar-refractivity contribution is -0.120. The van der Waals surface area contributed by atoms with Gasteiger partial charge in [-0.3, -0.25) is 14.2 Å². The zero-order chi connectivity index (χ0) is 24.9. The highest BCUT2D eigenvalue weighted by atomic mass is 16.5. The normalized spacial score (nSPS) is 11.1. The number of amides is 1. The van der Waals surface area contributed by atoms with Gasteiger partial charge in [0, 0.05) is 13.7 Å². The Bertz CT molecular complexity index is 1480. The number of para-hydroxylation sites is 1. The zero-order valence-electron chi connectivity index (χ0n) is 20.2. The van der Waals surface area contributed by atoms with Gasteiger partial charge in [0.05, 0.1) is 36.2 Å². The third kappa shape index (κ3) is 5.25. The summed E-state index contributed by atoms with van der Waals surface area (Å²) in [7, 11) is 1.58. The number of methoxy groups -OCH3 is 1. The number of rotatable bonds is 8. The standard InChI is InChI=1S/C28H29N3O4/c1-19-8-9-20(2)22(16-19)18-30-25-7-5-4-6-24(25)27(33)31(28(30)34)23-12-10-21(11-13-23)17-26(32)29-14-15-35-3/h4-13,16H,14-15,17-18H2,1-3H3,(H,29,32). The highest BCUT2D eigenvalue weighted by Crippen LogP contribution is 2.16. The summed E-state index contributed by atoms with van der Waals surface area (Å²) in [6.07, 6.45) is 0.202. The van der Waals surface area contributed by atoms with Crippen molar-refractivity contribution >= 4 is 16.8 Å². The number of nitrogens with zero attached hydrogens (tertiary/aromatic N) is 2. The maximum atomic E-state index is 13.7. The number of hydrogen-bond acceptors (Lipinski definition) is 4. The van der Waals surface area contributed by atoms with E-state index in [1.54, 1.807) is 54.1 Å². The van der Waals surface area contributed by atoms with Crippen LogP contribution in [0.4, 0.5) is 0 Å². The third-order valence-corrected chi connectivity index (χ3v) is 6.07. The highest BCUT2D eigenvalue weighted by Gasteiger charge is 2.15. The van der Waals surface area contributed by atoms with E-state index >= 15 is 0 Å². The van der Waals surface area contributed by atoms with E-state index in [0.29, 0.717) is 36.3 Å². The first-order chi connectivity index (χ1) is 16.9. The maximum Gasteiger partial charge on any atom is 0.336 e. The Balaban J connectivity index is 1.74. The summed E-state index contributed by atoms with van der Waals surface area (Å²) >= 11 is 0. The number of fused-ring (bicyclic) bond motifs is 1. The molecule has 0 saturated carbocycles. The largest absolute Gasteiger partial charge is 0.383 e. The highest BCUT2D eigenvalue weighted by molar-refractivity contribution is 5.79. The minimum Gasteiger partial charge on any atom is -0.383 e. The fourth-order valence-corrected chi connectivity index (χ4v) is 4.15.